The molecule has 0 aromatic rings. The van der Waals surface area contributed by atoms with Gasteiger partial charge in [0.1, 0.15) is 0 Å². The monoisotopic (exact) mass is 269 g/mol. The lowest BCUT2D eigenvalue weighted by Gasteiger charge is -2.27. The standard InChI is InChI=1S/C13H23N3O3/c14-11(4-5-12(17)18)13(19)16-8-2-7-15-6-1-3-10(15)9-16/h10-11H,1-9,14H2,(H,17,18). The zero-order valence-corrected chi connectivity index (χ0v) is 11.3. The van der Waals surface area contributed by atoms with Gasteiger partial charge < -0.3 is 15.7 Å². The molecule has 2 atom stereocenters. The van der Waals surface area contributed by atoms with Gasteiger partial charge in [0.15, 0.2) is 0 Å². The molecule has 2 saturated heterocycles. The summed E-state index contributed by atoms with van der Waals surface area (Å²) in [7, 11) is 0. The highest BCUT2D eigenvalue weighted by molar-refractivity contribution is 5.82. The number of nitrogens with two attached hydrogens (primary N) is 1. The number of hydrogen-bond acceptors (Lipinski definition) is 4. The van der Waals surface area contributed by atoms with Gasteiger partial charge in [-0.2, -0.15) is 0 Å². The molecule has 6 heteroatoms. The number of carboxylic acid groups (broad SMARTS) is 1. The lowest BCUT2D eigenvalue weighted by Crippen LogP contribution is -2.47. The van der Waals surface area contributed by atoms with Crippen molar-refractivity contribution in [3.8, 4) is 0 Å². The molecule has 0 aromatic carbocycles. The number of hydrogen-bond donors (Lipinski definition) is 2. The molecule has 2 rings (SSSR count). The zero-order valence-electron chi connectivity index (χ0n) is 11.3. The van der Waals surface area contributed by atoms with Gasteiger partial charge in [-0.05, 0) is 32.2 Å². The second kappa shape index (κ2) is 6.34. The molecule has 1 amide bonds. The number of aliphatic carboxylic acids is 1. The van der Waals surface area contributed by atoms with Gasteiger partial charge in [0, 0.05) is 32.1 Å². The molecule has 0 radical (unpaired) electrons. The van der Waals surface area contributed by atoms with Crippen molar-refractivity contribution < 1.29 is 14.7 Å². The van der Waals surface area contributed by atoms with Crippen LogP contribution in [-0.4, -0.2) is 65.0 Å². The summed E-state index contributed by atoms with van der Waals surface area (Å²) in [5, 5.41) is 8.64. The molecule has 2 heterocycles. The van der Waals surface area contributed by atoms with Crippen LogP contribution >= 0.6 is 0 Å². The van der Waals surface area contributed by atoms with Crippen LogP contribution in [0.1, 0.15) is 32.1 Å². The molecule has 19 heavy (non-hydrogen) atoms. The van der Waals surface area contributed by atoms with Crippen LogP contribution in [0.5, 0.6) is 0 Å². The third-order valence-electron chi connectivity index (χ3n) is 4.10. The number of nitrogens with zero attached hydrogens (tertiary/aromatic N) is 2. The van der Waals surface area contributed by atoms with Crippen LogP contribution in [0.25, 0.3) is 0 Å². The fourth-order valence-electron chi connectivity index (χ4n) is 3.04. The maximum atomic E-state index is 12.2. The maximum absolute atomic E-state index is 12.2. The Morgan fingerprint density at radius 1 is 1.26 bits per heavy atom. The highest BCUT2D eigenvalue weighted by atomic mass is 16.4. The van der Waals surface area contributed by atoms with E-state index < -0.39 is 12.0 Å². The predicted octanol–water partition coefficient (Wildman–Crippen LogP) is -0.125. The first kappa shape index (κ1) is 14.3. The van der Waals surface area contributed by atoms with E-state index in [4.69, 9.17) is 10.8 Å². The van der Waals surface area contributed by atoms with Crippen molar-refractivity contribution in [2.24, 2.45) is 5.73 Å². The Hall–Kier alpha value is -1.14. The molecule has 0 spiro atoms. The quantitative estimate of drug-likeness (QED) is 0.742. The van der Waals surface area contributed by atoms with Crippen molar-refractivity contribution in [3.63, 3.8) is 0 Å². The van der Waals surface area contributed by atoms with E-state index in [1.807, 2.05) is 4.90 Å². The van der Waals surface area contributed by atoms with Crippen molar-refractivity contribution in [2.75, 3.05) is 26.2 Å². The second-order valence-corrected chi connectivity index (χ2v) is 5.51. The van der Waals surface area contributed by atoms with Crippen LogP contribution in [0.15, 0.2) is 0 Å². The SMILES string of the molecule is NC(CCC(=O)O)C(=O)N1CCCN2CCCC2C1. The number of carboxylic acids is 1. The van der Waals surface area contributed by atoms with E-state index in [2.05, 4.69) is 4.90 Å². The summed E-state index contributed by atoms with van der Waals surface area (Å²) in [5.74, 6) is -0.990. The van der Waals surface area contributed by atoms with Gasteiger partial charge in [0.05, 0.1) is 6.04 Å². The molecule has 0 aromatic heterocycles. The Kier molecular flexibility index (Phi) is 4.76. The van der Waals surface area contributed by atoms with Gasteiger partial charge in [-0.15, -0.1) is 0 Å². The molecule has 108 valence electrons. The Bertz CT molecular complexity index is 348. The smallest absolute Gasteiger partial charge is 0.303 e. The van der Waals surface area contributed by atoms with Crippen LogP contribution in [0, 0.1) is 0 Å². The van der Waals surface area contributed by atoms with Crippen molar-refractivity contribution in [2.45, 2.75) is 44.2 Å². The van der Waals surface area contributed by atoms with E-state index in [1.165, 1.54) is 6.42 Å². The fraction of sp³-hybridized carbons (Fsp3) is 0.846. The van der Waals surface area contributed by atoms with E-state index in [0.717, 1.165) is 39.0 Å². The van der Waals surface area contributed by atoms with Crippen molar-refractivity contribution in [1.29, 1.82) is 0 Å². The van der Waals surface area contributed by atoms with Gasteiger partial charge >= 0.3 is 5.97 Å². The van der Waals surface area contributed by atoms with Gasteiger partial charge in [0.25, 0.3) is 0 Å². The number of amides is 1. The summed E-state index contributed by atoms with van der Waals surface area (Å²) < 4.78 is 0. The van der Waals surface area contributed by atoms with E-state index >= 15 is 0 Å². The van der Waals surface area contributed by atoms with Crippen LogP contribution in [0.4, 0.5) is 0 Å². The van der Waals surface area contributed by atoms with Crippen LogP contribution < -0.4 is 5.73 Å². The summed E-state index contributed by atoms with van der Waals surface area (Å²) in [6, 6.07) is -0.206. The number of fused-ring (bicyclic) bond motifs is 1. The first-order valence-corrected chi connectivity index (χ1v) is 7.08. The Labute approximate surface area is 113 Å². The first-order valence-electron chi connectivity index (χ1n) is 7.08. The summed E-state index contributed by atoms with van der Waals surface area (Å²) in [6.45, 7) is 3.68. The molecule has 2 unspecified atom stereocenters. The lowest BCUT2D eigenvalue weighted by atomic mass is 10.1. The van der Waals surface area contributed by atoms with Crippen LogP contribution in [-0.2, 0) is 9.59 Å². The van der Waals surface area contributed by atoms with Crippen LogP contribution in [0.2, 0.25) is 0 Å². The molecule has 0 aliphatic carbocycles. The van der Waals surface area contributed by atoms with Crippen molar-refractivity contribution >= 4 is 11.9 Å². The van der Waals surface area contributed by atoms with Gasteiger partial charge in [-0.25, -0.2) is 0 Å². The Morgan fingerprint density at radius 3 is 2.74 bits per heavy atom. The maximum Gasteiger partial charge on any atom is 0.303 e. The second-order valence-electron chi connectivity index (χ2n) is 5.51. The average molecular weight is 269 g/mol. The van der Waals surface area contributed by atoms with Crippen LogP contribution in [0.3, 0.4) is 0 Å². The molecule has 0 saturated carbocycles. The zero-order chi connectivity index (χ0) is 13.8. The molecular weight excluding hydrogens is 246 g/mol. The van der Waals surface area contributed by atoms with Gasteiger partial charge in [-0.3, -0.25) is 14.5 Å². The molecule has 2 aliphatic heterocycles. The highest BCUT2D eigenvalue weighted by Gasteiger charge is 2.32. The first-order chi connectivity index (χ1) is 9.08. The number of carbonyl (C=O) groups is 2. The van der Waals surface area contributed by atoms with E-state index in [0.29, 0.717) is 6.04 Å². The third kappa shape index (κ3) is 3.67. The summed E-state index contributed by atoms with van der Waals surface area (Å²) in [5.41, 5.74) is 5.82. The minimum Gasteiger partial charge on any atom is -0.481 e. The minimum absolute atomic E-state index is 0.0453. The summed E-state index contributed by atoms with van der Waals surface area (Å²) in [6.07, 6.45) is 3.51. The average Bonchev–Trinajstić information content (AvgIpc) is 2.72. The van der Waals surface area contributed by atoms with Gasteiger partial charge in [0.2, 0.25) is 5.91 Å². The normalized spacial score (nSPS) is 25.7. The van der Waals surface area contributed by atoms with Crippen molar-refractivity contribution in [1.82, 2.24) is 9.80 Å². The molecular formula is C13H23N3O3. The number of carbonyl (C=O) groups excluding carboxylic acids is 1. The molecule has 6 nitrogen and oxygen atoms in total. The molecule has 2 fully saturated rings. The minimum atomic E-state index is -0.902. The molecule has 2 aliphatic rings. The summed E-state index contributed by atoms with van der Waals surface area (Å²) >= 11 is 0. The van der Waals surface area contributed by atoms with E-state index in [9.17, 15) is 9.59 Å². The Morgan fingerprint density at radius 2 is 2.00 bits per heavy atom. The molecule has 3 N–H and O–H groups in total. The summed E-state index contributed by atoms with van der Waals surface area (Å²) in [4.78, 5) is 27.1. The predicted molar refractivity (Wildman–Crippen MR) is 70.6 cm³/mol. The van der Waals surface area contributed by atoms with Crippen molar-refractivity contribution in [3.05, 3.63) is 0 Å². The highest BCUT2D eigenvalue weighted by Crippen LogP contribution is 2.21. The largest absolute Gasteiger partial charge is 0.481 e. The fourth-order valence-corrected chi connectivity index (χ4v) is 3.04. The Balaban J connectivity index is 1.88. The van der Waals surface area contributed by atoms with Gasteiger partial charge in [-0.1, -0.05) is 0 Å². The van der Waals surface area contributed by atoms with E-state index in [1.54, 1.807) is 0 Å². The lowest BCUT2D eigenvalue weighted by molar-refractivity contribution is -0.137. The van der Waals surface area contributed by atoms with E-state index in [-0.39, 0.29) is 18.7 Å². The third-order valence-corrected chi connectivity index (χ3v) is 4.10. The topological polar surface area (TPSA) is 86.9 Å². The molecule has 0 bridgehead atoms. The number of rotatable bonds is 4.